The fraction of sp³-hybridized carbons (Fsp3) is 0.273. The quantitative estimate of drug-likeness (QED) is 0.446. The zero-order valence-corrected chi connectivity index (χ0v) is 19.1. The lowest BCUT2D eigenvalue weighted by molar-refractivity contribution is 0.0912. The Morgan fingerprint density at radius 1 is 1.22 bits per heavy atom. The number of anilines is 1. The molecule has 10 heteroatoms. The number of carbonyl (C=O) groups excluding carboxylic acids is 1. The zero-order chi connectivity index (χ0) is 22.7. The minimum Gasteiger partial charge on any atom is -0.378 e. The van der Waals surface area contributed by atoms with Crippen molar-refractivity contribution in [1.82, 2.24) is 35.0 Å². The average molecular weight is 449 g/mol. The van der Waals surface area contributed by atoms with Crippen LogP contribution in [0.3, 0.4) is 0 Å². The molecule has 1 amide bonds. The minimum atomic E-state index is -0.560. The van der Waals surface area contributed by atoms with Crippen molar-refractivity contribution in [3.8, 4) is 11.5 Å². The Balaban J connectivity index is 1.44. The van der Waals surface area contributed by atoms with E-state index in [4.69, 9.17) is 0 Å². The summed E-state index contributed by atoms with van der Waals surface area (Å²) in [6, 6.07) is 9.16. The number of nitrogens with one attached hydrogen (secondary N) is 2. The number of rotatable bonds is 7. The van der Waals surface area contributed by atoms with Crippen LogP contribution in [0.5, 0.6) is 0 Å². The number of hydrogen-bond acceptors (Lipinski definition) is 8. The lowest BCUT2D eigenvalue weighted by atomic mass is 10.1. The highest BCUT2D eigenvalue weighted by molar-refractivity contribution is 7.09. The van der Waals surface area contributed by atoms with Gasteiger partial charge in [-0.1, -0.05) is 6.07 Å². The van der Waals surface area contributed by atoms with Gasteiger partial charge < -0.3 is 15.2 Å². The third-order valence-corrected chi connectivity index (χ3v) is 6.21. The molecule has 9 nitrogen and oxygen atoms in total. The lowest BCUT2D eigenvalue weighted by Gasteiger charge is -2.24. The first-order valence-electron chi connectivity index (χ1n) is 10.1. The van der Waals surface area contributed by atoms with E-state index in [-0.39, 0.29) is 5.91 Å². The molecule has 0 saturated carbocycles. The summed E-state index contributed by atoms with van der Waals surface area (Å²) < 4.78 is 1.88. The molecule has 4 aromatic rings. The van der Waals surface area contributed by atoms with Gasteiger partial charge in [-0.05, 0) is 45.0 Å². The number of nitrogens with zero attached hydrogens (tertiary/aromatic N) is 6. The molecule has 2 N–H and O–H groups in total. The Kier molecular flexibility index (Phi) is 5.95. The molecular weight excluding hydrogens is 424 g/mol. The molecule has 3 aromatic heterocycles. The molecule has 0 unspecified atom stereocenters. The largest absolute Gasteiger partial charge is 0.378 e. The Bertz CT molecular complexity index is 1230. The molecule has 3 heterocycles. The van der Waals surface area contributed by atoms with Gasteiger partial charge >= 0.3 is 0 Å². The van der Waals surface area contributed by atoms with Gasteiger partial charge in [0.25, 0.3) is 5.91 Å². The molecule has 32 heavy (non-hydrogen) atoms. The van der Waals surface area contributed by atoms with Gasteiger partial charge in [-0.15, -0.1) is 21.5 Å². The van der Waals surface area contributed by atoms with Gasteiger partial charge in [0.05, 0.1) is 12.1 Å². The van der Waals surface area contributed by atoms with Gasteiger partial charge in [0.2, 0.25) is 0 Å². The standard InChI is InChI=1S/C22H24N8OS/c1-14-12-32-21(26-14)22(2,3)27-20(31)15-6-5-7-16(10-15)24-11-18-28-29-19(30(18)4)17-8-9-23-13-25-17/h5-10,12-13,24H,11H2,1-4H3,(H,27,31). The summed E-state index contributed by atoms with van der Waals surface area (Å²) in [5.74, 6) is 1.25. The fourth-order valence-electron chi connectivity index (χ4n) is 3.16. The maximum Gasteiger partial charge on any atom is 0.252 e. The van der Waals surface area contributed by atoms with Gasteiger partial charge in [-0.2, -0.15) is 0 Å². The predicted molar refractivity (Wildman–Crippen MR) is 123 cm³/mol. The summed E-state index contributed by atoms with van der Waals surface area (Å²) in [7, 11) is 1.89. The molecule has 0 atom stereocenters. The molecule has 164 valence electrons. The highest BCUT2D eigenvalue weighted by Crippen LogP contribution is 2.24. The van der Waals surface area contributed by atoms with Crippen molar-refractivity contribution in [2.45, 2.75) is 32.9 Å². The van der Waals surface area contributed by atoms with Crippen molar-refractivity contribution in [3.05, 3.63) is 70.3 Å². The monoisotopic (exact) mass is 448 g/mol. The van der Waals surface area contributed by atoms with Crippen molar-refractivity contribution in [3.63, 3.8) is 0 Å². The molecule has 0 saturated heterocycles. The fourth-order valence-corrected chi connectivity index (χ4v) is 4.04. The van der Waals surface area contributed by atoms with E-state index in [1.54, 1.807) is 29.7 Å². The van der Waals surface area contributed by atoms with Gasteiger partial charge in [-0.3, -0.25) is 4.79 Å². The van der Waals surface area contributed by atoms with Crippen LogP contribution >= 0.6 is 11.3 Å². The smallest absolute Gasteiger partial charge is 0.252 e. The summed E-state index contributed by atoms with van der Waals surface area (Å²) in [5, 5.41) is 17.7. The molecule has 0 spiro atoms. The number of amides is 1. The van der Waals surface area contributed by atoms with Crippen molar-refractivity contribution < 1.29 is 4.79 Å². The first-order chi connectivity index (χ1) is 15.3. The third kappa shape index (κ3) is 4.65. The first-order valence-corrected chi connectivity index (χ1v) is 10.9. The summed E-state index contributed by atoms with van der Waals surface area (Å²) >= 11 is 1.54. The molecule has 0 bridgehead atoms. The van der Waals surface area contributed by atoms with Crippen LogP contribution in [0.15, 0.2) is 48.2 Å². The van der Waals surface area contributed by atoms with Gasteiger partial charge in [0.1, 0.15) is 17.0 Å². The summed E-state index contributed by atoms with van der Waals surface area (Å²) in [5.41, 5.74) is 2.47. The number of aromatic nitrogens is 6. The molecule has 1 aromatic carbocycles. The van der Waals surface area contributed by atoms with E-state index >= 15 is 0 Å². The molecule has 0 aliphatic heterocycles. The van der Waals surface area contributed by atoms with Gasteiger partial charge in [0.15, 0.2) is 11.6 Å². The summed E-state index contributed by atoms with van der Waals surface area (Å²) in [6.07, 6.45) is 3.15. The second kappa shape index (κ2) is 8.83. The number of benzene rings is 1. The van der Waals surface area contributed by atoms with Crippen molar-refractivity contribution in [2.24, 2.45) is 7.05 Å². The molecule has 0 aliphatic carbocycles. The van der Waals surface area contributed by atoms with Crippen LogP contribution in [0.2, 0.25) is 0 Å². The molecule has 0 radical (unpaired) electrons. The van der Waals surface area contributed by atoms with E-state index in [1.165, 1.54) is 6.33 Å². The van der Waals surface area contributed by atoms with Gasteiger partial charge in [-0.25, -0.2) is 15.0 Å². The normalized spacial score (nSPS) is 11.4. The van der Waals surface area contributed by atoms with Crippen LogP contribution in [-0.4, -0.2) is 35.6 Å². The predicted octanol–water partition coefficient (Wildman–Crippen LogP) is 3.31. The number of aryl methyl sites for hydroxylation is 1. The highest BCUT2D eigenvalue weighted by Gasteiger charge is 2.26. The van der Waals surface area contributed by atoms with Gasteiger partial charge in [0, 0.05) is 35.6 Å². The van der Waals surface area contributed by atoms with E-state index in [0.29, 0.717) is 23.6 Å². The number of carbonyl (C=O) groups is 1. The van der Waals surface area contributed by atoms with E-state index < -0.39 is 5.54 Å². The van der Waals surface area contributed by atoms with Crippen LogP contribution in [0.25, 0.3) is 11.5 Å². The Morgan fingerprint density at radius 3 is 2.78 bits per heavy atom. The maximum absolute atomic E-state index is 12.9. The zero-order valence-electron chi connectivity index (χ0n) is 18.3. The number of thiazole rings is 1. The topological polar surface area (TPSA) is 111 Å². The molecule has 0 fully saturated rings. The Morgan fingerprint density at radius 2 is 2.06 bits per heavy atom. The summed E-state index contributed by atoms with van der Waals surface area (Å²) in [6.45, 7) is 6.30. The minimum absolute atomic E-state index is 0.156. The van der Waals surface area contributed by atoms with Crippen LogP contribution in [-0.2, 0) is 19.1 Å². The maximum atomic E-state index is 12.9. The van der Waals surface area contributed by atoms with Crippen LogP contribution in [0.1, 0.15) is 40.7 Å². The third-order valence-electron chi connectivity index (χ3n) is 4.93. The Hall–Kier alpha value is -3.66. The molecule has 4 rings (SSSR count). The second-order valence-electron chi connectivity index (χ2n) is 7.90. The van der Waals surface area contributed by atoms with Crippen LogP contribution in [0.4, 0.5) is 5.69 Å². The highest BCUT2D eigenvalue weighted by atomic mass is 32.1. The van der Waals surface area contributed by atoms with Crippen molar-refractivity contribution in [2.75, 3.05) is 5.32 Å². The van der Waals surface area contributed by atoms with E-state index in [2.05, 4.69) is 35.8 Å². The van der Waals surface area contributed by atoms with Crippen LogP contribution in [0, 0.1) is 6.92 Å². The lowest BCUT2D eigenvalue weighted by Crippen LogP contribution is -2.41. The number of hydrogen-bond donors (Lipinski definition) is 2. The van der Waals surface area contributed by atoms with E-state index in [0.717, 1.165) is 22.2 Å². The molecular formula is C22H24N8OS. The van der Waals surface area contributed by atoms with Crippen molar-refractivity contribution >= 4 is 22.9 Å². The Labute approximate surface area is 190 Å². The summed E-state index contributed by atoms with van der Waals surface area (Å²) in [4.78, 5) is 25.5. The molecule has 0 aliphatic rings. The van der Waals surface area contributed by atoms with E-state index in [1.807, 2.05) is 56.0 Å². The SMILES string of the molecule is Cc1csc(C(C)(C)NC(=O)c2cccc(NCc3nnc(-c4ccncn4)n3C)c2)n1. The van der Waals surface area contributed by atoms with E-state index in [9.17, 15) is 4.79 Å². The second-order valence-corrected chi connectivity index (χ2v) is 8.76. The first kappa shape index (κ1) is 21.6. The van der Waals surface area contributed by atoms with Crippen LogP contribution < -0.4 is 10.6 Å². The van der Waals surface area contributed by atoms with Crippen molar-refractivity contribution in [1.29, 1.82) is 0 Å². The average Bonchev–Trinajstić information content (AvgIpc) is 3.39.